The molecule has 0 aliphatic carbocycles. The number of aromatic hydroxyl groups is 1. The summed E-state index contributed by atoms with van der Waals surface area (Å²) in [4.78, 5) is 27.1. The van der Waals surface area contributed by atoms with Gasteiger partial charge in [-0.3, -0.25) is 18.6 Å². The molecule has 3 aromatic carbocycles. The summed E-state index contributed by atoms with van der Waals surface area (Å²) in [6.45, 7) is 1.91. The summed E-state index contributed by atoms with van der Waals surface area (Å²) in [6.07, 6.45) is 0.298. The van der Waals surface area contributed by atoms with Crippen LogP contribution in [0.25, 0.3) is 22.2 Å². The second kappa shape index (κ2) is 7.29. The van der Waals surface area contributed by atoms with Crippen molar-refractivity contribution < 1.29 is 5.11 Å². The highest BCUT2D eigenvalue weighted by molar-refractivity contribution is 5.82. The highest BCUT2D eigenvalue weighted by atomic mass is 16.3. The van der Waals surface area contributed by atoms with Gasteiger partial charge in [-0.05, 0) is 36.2 Å². The van der Waals surface area contributed by atoms with Gasteiger partial charge in [-0.15, -0.1) is 0 Å². The second-order valence-corrected chi connectivity index (χ2v) is 7.61. The van der Waals surface area contributed by atoms with Crippen LogP contribution >= 0.6 is 0 Å². The van der Waals surface area contributed by atoms with E-state index >= 15 is 0 Å². The molecule has 0 atom stereocenters. The van der Waals surface area contributed by atoms with Crippen molar-refractivity contribution in [2.24, 2.45) is 0 Å². The van der Waals surface area contributed by atoms with Gasteiger partial charge in [0.1, 0.15) is 11.4 Å². The standard InChI is InChI=1S/C26H20N2O3/c1-17-9-5-7-13-21(17)27-24-16-23(29)20(15-18-10-3-2-4-11-18)26(31)28(24)22-14-8-6-12-19(22)25(27)30/h2-14,16,29H,15H2,1H3. The number of hydrogen-bond acceptors (Lipinski definition) is 3. The van der Waals surface area contributed by atoms with Gasteiger partial charge in [-0.25, -0.2) is 0 Å². The fraction of sp³-hybridized carbons (Fsp3) is 0.0769. The van der Waals surface area contributed by atoms with Gasteiger partial charge in [0, 0.05) is 12.5 Å². The van der Waals surface area contributed by atoms with Crippen LogP contribution in [0.1, 0.15) is 16.7 Å². The Bertz CT molecular complexity index is 1560. The Morgan fingerprint density at radius 1 is 0.806 bits per heavy atom. The monoisotopic (exact) mass is 408 g/mol. The zero-order valence-corrected chi connectivity index (χ0v) is 16.9. The average Bonchev–Trinajstić information content (AvgIpc) is 2.78. The van der Waals surface area contributed by atoms with E-state index in [1.54, 1.807) is 24.3 Å². The molecule has 152 valence electrons. The molecule has 0 spiro atoms. The quantitative estimate of drug-likeness (QED) is 0.455. The fourth-order valence-electron chi connectivity index (χ4n) is 4.11. The number of pyridine rings is 1. The van der Waals surface area contributed by atoms with Crippen molar-refractivity contribution in [2.45, 2.75) is 13.3 Å². The van der Waals surface area contributed by atoms with E-state index < -0.39 is 0 Å². The van der Waals surface area contributed by atoms with Gasteiger partial charge < -0.3 is 5.11 Å². The van der Waals surface area contributed by atoms with E-state index in [2.05, 4.69) is 0 Å². The van der Waals surface area contributed by atoms with E-state index in [-0.39, 0.29) is 16.9 Å². The zero-order chi connectivity index (χ0) is 21.5. The normalized spacial score (nSPS) is 11.3. The smallest absolute Gasteiger partial charge is 0.266 e. The van der Waals surface area contributed by atoms with Crippen LogP contribution in [0.3, 0.4) is 0 Å². The molecule has 2 heterocycles. The lowest BCUT2D eigenvalue weighted by Crippen LogP contribution is -2.28. The predicted octanol–water partition coefficient (Wildman–Crippen LogP) is 4.21. The Balaban J connectivity index is 1.93. The van der Waals surface area contributed by atoms with Crippen molar-refractivity contribution in [3.05, 3.63) is 122 Å². The van der Waals surface area contributed by atoms with Gasteiger partial charge in [0.15, 0.2) is 0 Å². The van der Waals surface area contributed by atoms with Gasteiger partial charge in [0.25, 0.3) is 11.1 Å². The number of rotatable bonds is 3. The topological polar surface area (TPSA) is 63.7 Å². The zero-order valence-electron chi connectivity index (χ0n) is 16.9. The first-order valence-electron chi connectivity index (χ1n) is 10.1. The minimum absolute atomic E-state index is 0.120. The summed E-state index contributed by atoms with van der Waals surface area (Å²) in [5, 5.41) is 11.3. The van der Waals surface area contributed by atoms with Crippen molar-refractivity contribution in [1.29, 1.82) is 0 Å². The van der Waals surface area contributed by atoms with E-state index in [0.717, 1.165) is 11.1 Å². The lowest BCUT2D eigenvalue weighted by Gasteiger charge is -2.17. The van der Waals surface area contributed by atoms with Crippen molar-refractivity contribution in [2.75, 3.05) is 0 Å². The first kappa shape index (κ1) is 18.9. The Kier molecular flexibility index (Phi) is 4.44. The SMILES string of the molecule is Cc1ccccc1-n1c(=O)c2ccccc2n2c(=O)c(Cc3ccccc3)c(O)cc12. The molecule has 5 rings (SSSR count). The molecule has 0 radical (unpaired) electrons. The Hall–Kier alpha value is -4.12. The average molecular weight is 408 g/mol. The van der Waals surface area contributed by atoms with Crippen LogP contribution in [0.15, 0.2) is 94.5 Å². The molecule has 0 aliphatic rings. The third-order valence-corrected chi connectivity index (χ3v) is 5.65. The number of hydrogen-bond donors (Lipinski definition) is 1. The predicted molar refractivity (Wildman–Crippen MR) is 122 cm³/mol. The van der Waals surface area contributed by atoms with Gasteiger partial charge in [-0.2, -0.15) is 0 Å². The lowest BCUT2D eigenvalue weighted by molar-refractivity contribution is 0.467. The van der Waals surface area contributed by atoms with Crippen LogP contribution < -0.4 is 11.1 Å². The van der Waals surface area contributed by atoms with Crippen molar-refractivity contribution in [1.82, 2.24) is 8.97 Å². The van der Waals surface area contributed by atoms with Gasteiger partial charge in [0.05, 0.1) is 22.2 Å². The van der Waals surface area contributed by atoms with Gasteiger partial charge >= 0.3 is 0 Å². The summed E-state index contributed by atoms with van der Waals surface area (Å²) in [5.41, 5.74) is 3.06. The minimum Gasteiger partial charge on any atom is -0.507 e. The number of fused-ring (bicyclic) bond motifs is 3. The summed E-state index contributed by atoms with van der Waals surface area (Å²) in [5.74, 6) is -0.120. The molecule has 5 aromatic rings. The number of aromatic nitrogens is 2. The molecule has 0 saturated carbocycles. The second-order valence-electron chi connectivity index (χ2n) is 7.61. The lowest BCUT2D eigenvalue weighted by atomic mass is 10.1. The Labute approximate surface area is 178 Å². The molecule has 5 nitrogen and oxygen atoms in total. The minimum atomic E-state index is -0.336. The van der Waals surface area contributed by atoms with Crippen LogP contribution in [0, 0.1) is 6.92 Å². The molecule has 31 heavy (non-hydrogen) atoms. The summed E-state index contributed by atoms with van der Waals surface area (Å²) < 4.78 is 3.03. The molecule has 0 bridgehead atoms. The molecular weight excluding hydrogens is 388 g/mol. The van der Waals surface area contributed by atoms with E-state index in [9.17, 15) is 14.7 Å². The number of benzene rings is 3. The van der Waals surface area contributed by atoms with Crippen LogP contribution in [0.2, 0.25) is 0 Å². The highest BCUT2D eigenvalue weighted by Crippen LogP contribution is 2.24. The van der Waals surface area contributed by atoms with E-state index in [1.165, 1.54) is 15.0 Å². The van der Waals surface area contributed by atoms with Crippen LogP contribution in [0.5, 0.6) is 5.75 Å². The van der Waals surface area contributed by atoms with Crippen molar-refractivity contribution in [3.63, 3.8) is 0 Å². The van der Waals surface area contributed by atoms with Gasteiger partial charge in [-0.1, -0.05) is 60.7 Å². The fourth-order valence-corrected chi connectivity index (χ4v) is 4.11. The largest absolute Gasteiger partial charge is 0.507 e. The maximum absolute atomic E-state index is 13.6. The van der Waals surface area contributed by atoms with Crippen molar-refractivity contribution >= 4 is 16.6 Å². The summed E-state index contributed by atoms with van der Waals surface area (Å²) >= 11 is 0. The van der Waals surface area contributed by atoms with Crippen molar-refractivity contribution in [3.8, 4) is 11.4 Å². The third kappa shape index (κ3) is 3.02. The summed E-state index contributed by atoms with van der Waals surface area (Å²) in [7, 11) is 0. The summed E-state index contributed by atoms with van der Waals surface area (Å²) in [6, 6.07) is 25.6. The number of aryl methyl sites for hydroxylation is 1. The molecule has 0 unspecified atom stereocenters. The molecule has 0 aliphatic heterocycles. The van der Waals surface area contributed by atoms with Crippen LogP contribution in [-0.4, -0.2) is 14.1 Å². The van der Waals surface area contributed by atoms with E-state index in [0.29, 0.717) is 34.2 Å². The molecule has 2 aromatic heterocycles. The van der Waals surface area contributed by atoms with Gasteiger partial charge in [0.2, 0.25) is 0 Å². The number of para-hydroxylation sites is 2. The van der Waals surface area contributed by atoms with E-state index in [1.807, 2.05) is 61.5 Å². The third-order valence-electron chi connectivity index (χ3n) is 5.65. The number of nitrogens with zero attached hydrogens (tertiary/aromatic N) is 2. The Morgan fingerprint density at radius 2 is 1.48 bits per heavy atom. The van der Waals surface area contributed by atoms with Crippen LogP contribution in [0.4, 0.5) is 0 Å². The molecular formula is C26H20N2O3. The maximum atomic E-state index is 13.6. The highest BCUT2D eigenvalue weighted by Gasteiger charge is 2.19. The molecule has 1 N–H and O–H groups in total. The van der Waals surface area contributed by atoms with Crippen LogP contribution in [-0.2, 0) is 6.42 Å². The molecule has 0 saturated heterocycles. The van der Waals surface area contributed by atoms with E-state index in [4.69, 9.17) is 0 Å². The molecule has 0 fully saturated rings. The first-order chi connectivity index (χ1) is 15.1. The first-order valence-corrected chi connectivity index (χ1v) is 10.1. The maximum Gasteiger partial charge on any atom is 0.266 e. The molecule has 5 heteroatoms. The Morgan fingerprint density at radius 3 is 2.26 bits per heavy atom. The molecule has 0 amide bonds.